The molecule has 0 saturated carbocycles. The van der Waals surface area contributed by atoms with E-state index in [1.807, 2.05) is 0 Å². The molecule has 0 radical (unpaired) electrons. The lowest BCUT2D eigenvalue weighted by atomic mass is 9.84. The summed E-state index contributed by atoms with van der Waals surface area (Å²) in [6, 6.07) is 4.60. The van der Waals surface area contributed by atoms with Gasteiger partial charge in [-0.25, -0.2) is 0 Å². The maximum Gasteiger partial charge on any atom is 0.422 e. The zero-order chi connectivity index (χ0) is 18.3. The third-order valence-electron chi connectivity index (χ3n) is 5.18. The summed E-state index contributed by atoms with van der Waals surface area (Å²) in [5.74, 6) is 0.393. The van der Waals surface area contributed by atoms with Crippen molar-refractivity contribution < 1.29 is 27.8 Å². The van der Waals surface area contributed by atoms with E-state index < -0.39 is 12.8 Å². The molecule has 3 aliphatic rings. The molecule has 140 valence electrons. The fourth-order valence-electron chi connectivity index (χ4n) is 3.85. The number of amides is 1. The third-order valence-corrected chi connectivity index (χ3v) is 5.18. The van der Waals surface area contributed by atoms with Crippen molar-refractivity contribution in [1.82, 2.24) is 15.3 Å². The molecule has 3 N–H and O–H groups in total. The van der Waals surface area contributed by atoms with Crippen molar-refractivity contribution in [3.05, 3.63) is 23.9 Å². The highest BCUT2D eigenvalue weighted by Gasteiger charge is 2.36. The second-order valence-electron chi connectivity index (χ2n) is 6.95. The Balaban J connectivity index is 1.47. The summed E-state index contributed by atoms with van der Waals surface area (Å²) in [6.07, 6.45) is -2.19. The molecule has 2 bridgehead atoms. The number of nitrogens with zero attached hydrogens (tertiary/aromatic N) is 1. The fourth-order valence-corrected chi connectivity index (χ4v) is 3.85. The van der Waals surface area contributed by atoms with Crippen molar-refractivity contribution in [3.8, 4) is 5.75 Å². The van der Waals surface area contributed by atoms with Crippen LogP contribution >= 0.6 is 0 Å². The molecule has 3 saturated heterocycles. The summed E-state index contributed by atoms with van der Waals surface area (Å²) in [4.78, 5) is 15.0. The highest BCUT2D eigenvalue weighted by atomic mass is 19.4. The van der Waals surface area contributed by atoms with Crippen LogP contribution in [0.3, 0.4) is 0 Å². The standard InChI is InChI=1S/C17H19F3N4O2/c18-17(19,20)9-26-11-1-2-12-13(7-11)22-23-15(12)16(25)21-14-8-24-5-3-10(14)4-6-24/h1-2,7,10,14H,3-6,8-9H2,(H,21,25)(H,22,23)/p+1/t14-/m1/s1. The number of aromatic nitrogens is 2. The largest absolute Gasteiger partial charge is 0.484 e. The summed E-state index contributed by atoms with van der Waals surface area (Å²) < 4.78 is 41.5. The van der Waals surface area contributed by atoms with Crippen molar-refractivity contribution in [2.75, 3.05) is 26.2 Å². The van der Waals surface area contributed by atoms with E-state index in [-0.39, 0.29) is 17.7 Å². The van der Waals surface area contributed by atoms with E-state index >= 15 is 0 Å². The summed E-state index contributed by atoms with van der Waals surface area (Å²) in [5.41, 5.74) is 0.891. The molecule has 9 heteroatoms. The number of carbonyl (C=O) groups excluding carboxylic acids is 1. The minimum Gasteiger partial charge on any atom is -0.484 e. The molecule has 26 heavy (non-hydrogen) atoms. The summed E-state index contributed by atoms with van der Waals surface area (Å²) in [6.45, 7) is 1.71. The molecule has 2 aromatic rings. The Morgan fingerprint density at radius 2 is 2.12 bits per heavy atom. The van der Waals surface area contributed by atoms with Gasteiger partial charge in [0.1, 0.15) is 11.3 Å². The predicted octanol–water partition coefficient (Wildman–Crippen LogP) is 1.75. The Labute approximate surface area is 147 Å². The Bertz CT molecular complexity index is 812. The number of carbonyl (C=O) groups is 1. The molecule has 5 rings (SSSR count). The number of fused-ring (bicyclic) bond motifs is 4. The highest BCUT2D eigenvalue weighted by molar-refractivity contribution is 6.03. The number of halogens is 3. The average Bonchev–Trinajstić information content (AvgIpc) is 3.04. The lowest BCUT2D eigenvalue weighted by Crippen LogP contribution is -2.57. The molecule has 4 heterocycles. The van der Waals surface area contributed by atoms with E-state index in [4.69, 9.17) is 4.74 Å². The van der Waals surface area contributed by atoms with E-state index in [0.29, 0.717) is 22.5 Å². The number of benzene rings is 1. The number of hydrogen-bond acceptors (Lipinski definition) is 3. The number of alkyl halides is 3. The van der Waals surface area contributed by atoms with Gasteiger partial charge in [0.2, 0.25) is 0 Å². The number of piperidine rings is 3. The smallest absolute Gasteiger partial charge is 0.422 e. The van der Waals surface area contributed by atoms with Gasteiger partial charge in [0.25, 0.3) is 0 Å². The van der Waals surface area contributed by atoms with Crippen LogP contribution in [0.5, 0.6) is 5.75 Å². The van der Waals surface area contributed by atoms with Gasteiger partial charge in [-0.1, -0.05) is 0 Å². The number of H-pyrrole nitrogens is 2. The van der Waals surface area contributed by atoms with Crippen LogP contribution in [0, 0.1) is 5.92 Å². The number of ether oxygens (including phenoxy) is 1. The molecule has 0 aliphatic carbocycles. The summed E-state index contributed by atoms with van der Waals surface area (Å²) >= 11 is 0. The van der Waals surface area contributed by atoms with Crippen molar-refractivity contribution in [2.45, 2.75) is 25.1 Å². The van der Waals surface area contributed by atoms with Gasteiger partial charge in [0.05, 0.1) is 5.39 Å². The fraction of sp³-hybridized carbons (Fsp3) is 0.529. The molecule has 3 fully saturated rings. The summed E-state index contributed by atoms with van der Waals surface area (Å²) in [7, 11) is 0. The van der Waals surface area contributed by atoms with Gasteiger partial charge >= 0.3 is 17.8 Å². The van der Waals surface area contributed by atoms with Gasteiger partial charge in [-0.15, -0.1) is 5.10 Å². The molecular weight excluding hydrogens is 349 g/mol. The Kier molecular flexibility index (Phi) is 4.26. The zero-order valence-corrected chi connectivity index (χ0v) is 14.0. The van der Waals surface area contributed by atoms with Crippen LogP contribution in [0.15, 0.2) is 18.2 Å². The molecule has 1 aromatic carbocycles. The van der Waals surface area contributed by atoms with E-state index in [1.54, 1.807) is 6.07 Å². The quantitative estimate of drug-likeness (QED) is 0.863. The highest BCUT2D eigenvalue weighted by Crippen LogP contribution is 2.28. The first-order valence-electron chi connectivity index (χ1n) is 8.65. The topological polar surface area (TPSA) is 71.5 Å². The average molecular weight is 369 g/mol. The lowest BCUT2D eigenvalue weighted by molar-refractivity contribution is -0.449. The van der Waals surface area contributed by atoms with Crippen LogP contribution in [-0.4, -0.2) is 54.4 Å². The first-order valence-corrected chi connectivity index (χ1v) is 8.65. The van der Waals surface area contributed by atoms with Gasteiger partial charge in [-0.2, -0.15) is 18.3 Å². The molecule has 0 spiro atoms. The van der Waals surface area contributed by atoms with E-state index in [0.717, 1.165) is 32.5 Å². The second-order valence-corrected chi connectivity index (χ2v) is 6.95. The van der Waals surface area contributed by atoms with Crippen LogP contribution < -0.4 is 15.2 Å². The van der Waals surface area contributed by atoms with Crippen molar-refractivity contribution in [2.24, 2.45) is 5.92 Å². The van der Waals surface area contributed by atoms with Gasteiger partial charge in [0.15, 0.2) is 6.61 Å². The number of nitrogens with one attached hydrogen (secondary N) is 3. The van der Waals surface area contributed by atoms with E-state index in [9.17, 15) is 18.0 Å². The van der Waals surface area contributed by atoms with Crippen LogP contribution in [0.4, 0.5) is 13.2 Å². The first kappa shape index (κ1) is 17.1. The molecule has 3 aliphatic heterocycles. The maximum absolute atomic E-state index is 12.6. The molecule has 1 atom stereocenters. The van der Waals surface area contributed by atoms with Crippen molar-refractivity contribution in [3.63, 3.8) is 0 Å². The first-order chi connectivity index (χ1) is 12.4. The number of hydrogen-bond donors (Lipinski definition) is 2. The minimum atomic E-state index is -4.39. The van der Waals surface area contributed by atoms with Crippen LogP contribution in [0.1, 0.15) is 23.3 Å². The zero-order valence-electron chi connectivity index (χ0n) is 14.0. The predicted molar refractivity (Wildman–Crippen MR) is 86.8 cm³/mol. The van der Waals surface area contributed by atoms with Crippen LogP contribution in [0.25, 0.3) is 10.9 Å². The Morgan fingerprint density at radius 3 is 2.77 bits per heavy atom. The Morgan fingerprint density at radius 1 is 1.35 bits per heavy atom. The van der Waals surface area contributed by atoms with Crippen molar-refractivity contribution >= 4 is 16.8 Å². The molecule has 1 amide bonds. The Hall–Kier alpha value is -2.29. The van der Waals surface area contributed by atoms with E-state index in [1.165, 1.54) is 12.1 Å². The lowest BCUT2D eigenvalue weighted by Gasteiger charge is -2.44. The summed E-state index contributed by atoms with van der Waals surface area (Å²) in [5, 5.41) is 9.35. The molecule has 6 nitrogen and oxygen atoms in total. The minimum absolute atomic E-state index is 0.0921. The number of rotatable bonds is 4. The van der Waals surface area contributed by atoms with Crippen LogP contribution in [0.2, 0.25) is 0 Å². The molecule has 1 aromatic heterocycles. The van der Waals surface area contributed by atoms with Crippen LogP contribution in [-0.2, 0) is 0 Å². The monoisotopic (exact) mass is 369 g/mol. The van der Waals surface area contributed by atoms with Gasteiger partial charge in [0, 0.05) is 18.7 Å². The SMILES string of the molecule is O=C(N[C@@H]1CN2CCC1CC2)c1[nH+][nH]c2cc(OCC(F)(F)F)ccc12. The second kappa shape index (κ2) is 6.46. The third kappa shape index (κ3) is 3.48. The van der Waals surface area contributed by atoms with Gasteiger partial charge in [-0.3, -0.25) is 4.79 Å². The van der Waals surface area contributed by atoms with Gasteiger partial charge < -0.3 is 15.0 Å². The number of aromatic amines is 2. The molecular formula is C17H20F3N4O2+. The van der Waals surface area contributed by atoms with Crippen molar-refractivity contribution in [1.29, 1.82) is 0 Å². The maximum atomic E-state index is 12.6. The van der Waals surface area contributed by atoms with E-state index in [2.05, 4.69) is 20.4 Å². The van der Waals surface area contributed by atoms with Gasteiger partial charge in [-0.05, 0) is 44.0 Å². The normalized spacial score (nSPS) is 25.4. The molecule has 0 unspecified atom stereocenters.